The summed E-state index contributed by atoms with van der Waals surface area (Å²) in [6.45, 7) is 1.88. The summed E-state index contributed by atoms with van der Waals surface area (Å²) < 4.78 is 0. The third kappa shape index (κ3) is 2.25. The standard InChI is InChI=1S/C16H23N3O/c20-16(15-9-14(17-18-15)12-5-6-12)19-8-7-11-3-1-2-4-13(11)10-19/h9,11-13H,1-8,10H2,(H,17,18)/t11-,13-/m0/s1. The van der Waals surface area contributed by atoms with Crippen molar-refractivity contribution in [2.24, 2.45) is 11.8 Å². The Morgan fingerprint density at radius 1 is 1.15 bits per heavy atom. The maximum Gasteiger partial charge on any atom is 0.274 e. The molecule has 0 radical (unpaired) electrons. The molecular weight excluding hydrogens is 250 g/mol. The summed E-state index contributed by atoms with van der Waals surface area (Å²) >= 11 is 0. The Hall–Kier alpha value is -1.32. The van der Waals surface area contributed by atoms with Gasteiger partial charge in [0.2, 0.25) is 0 Å². The molecule has 4 nitrogen and oxygen atoms in total. The van der Waals surface area contributed by atoms with Gasteiger partial charge >= 0.3 is 0 Å². The molecule has 0 bridgehead atoms. The van der Waals surface area contributed by atoms with Crippen LogP contribution in [0.25, 0.3) is 0 Å². The molecule has 1 aromatic rings. The molecule has 2 saturated carbocycles. The molecule has 1 saturated heterocycles. The number of amides is 1. The Balaban J connectivity index is 1.44. The first kappa shape index (κ1) is 12.4. The van der Waals surface area contributed by atoms with E-state index in [0.29, 0.717) is 11.6 Å². The molecule has 108 valence electrons. The van der Waals surface area contributed by atoms with E-state index in [1.54, 1.807) is 0 Å². The van der Waals surface area contributed by atoms with Crippen LogP contribution in [-0.2, 0) is 0 Å². The van der Waals surface area contributed by atoms with E-state index in [1.807, 2.05) is 11.0 Å². The number of hydrogen-bond donors (Lipinski definition) is 1. The van der Waals surface area contributed by atoms with Crippen LogP contribution >= 0.6 is 0 Å². The molecule has 3 fully saturated rings. The minimum Gasteiger partial charge on any atom is -0.337 e. The smallest absolute Gasteiger partial charge is 0.274 e. The van der Waals surface area contributed by atoms with Crippen molar-refractivity contribution in [2.75, 3.05) is 13.1 Å². The van der Waals surface area contributed by atoms with E-state index in [2.05, 4.69) is 10.2 Å². The summed E-state index contributed by atoms with van der Waals surface area (Å²) in [5.41, 5.74) is 1.78. The molecular formula is C16H23N3O. The number of nitrogens with zero attached hydrogens (tertiary/aromatic N) is 2. The van der Waals surface area contributed by atoms with Crippen LogP contribution in [0.15, 0.2) is 6.07 Å². The largest absolute Gasteiger partial charge is 0.337 e. The topological polar surface area (TPSA) is 49.0 Å². The molecule has 1 N–H and O–H groups in total. The number of aromatic amines is 1. The summed E-state index contributed by atoms with van der Waals surface area (Å²) in [5, 5.41) is 7.29. The van der Waals surface area contributed by atoms with Gasteiger partial charge in [-0.1, -0.05) is 19.3 Å². The van der Waals surface area contributed by atoms with E-state index in [0.717, 1.165) is 30.6 Å². The van der Waals surface area contributed by atoms with Gasteiger partial charge in [-0.2, -0.15) is 5.10 Å². The zero-order chi connectivity index (χ0) is 13.5. The summed E-state index contributed by atoms with van der Waals surface area (Å²) in [7, 11) is 0. The second-order valence-electron chi connectivity index (χ2n) is 6.83. The number of carbonyl (C=O) groups is 1. The Bertz CT molecular complexity index is 506. The Morgan fingerprint density at radius 2 is 1.95 bits per heavy atom. The van der Waals surface area contributed by atoms with Gasteiger partial charge in [-0.3, -0.25) is 9.89 Å². The van der Waals surface area contributed by atoms with Crippen molar-refractivity contribution < 1.29 is 4.79 Å². The van der Waals surface area contributed by atoms with Crippen LogP contribution < -0.4 is 0 Å². The van der Waals surface area contributed by atoms with Crippen LogP contribution in [0.4, 0.5) is 0 Å². The molecule has 4 rings (SSSR count). The van der Waals surface area contributed by atoms with E-state index >= 15 is 0 Å². The van der Waals surface area contributed by atoms with E-state index in [-0.39, 0.29) is 5.91 Å². The first-order chi connectivity index (χ1) is 9.81. The van der Waals surface area contributed by atoms with Gasteiger partial charge in [-0.05, 0) is 43.6 Å². The summed E-state index contributed by atoms with van der Waals surface area (Å²) in [6.07, 6.45) is 9.09. The molecule has 1 amide bonds. The highest BCUT2D eigenvalue weighted by Gasteiger charge is 2.34. The minimum absolute atomic E-state index is 0.136. The van der Waals surface area contributed by atoms with Gasteiger partial charge in [-0.25, -0.2) is 0 Å². The third-order valence-electron chi connectivity index (χ3n) is 5.41. The maximum atomic E-state index is 12.6. The predicted molar refractivity (Wildman–Crippen MR) is 76.5 cm³/mol. The van der Waals surface area contributed by atoms with Crippen molar-refractivity contribution in [2.45, 2.75) is 50.9 Å². The normalized spacial score (nSPS) is 30.1. The summed E-state index contributed by atoms with van der Waals surface area (Å²) in [5.74, 6) is 2.38. The van der Waals surface area contributed by atoms with Gasteiger partial charge in [0.05, 0.1) is 0 Å². The number of H-pyrrole nitrogens is 1. The molecule has 4 heteroatoms. The van der Waals surface area contributed by atoms with Crippen LogP contribution in [-0.4, -0.2) is 34.1 Å². The molecule has 0 aromatic carbocycles. The number of fused-ring (bicyclic) bond motifs is 1. The number of carbonyl (C=O) groups excluding carboxylic acids is 1. The van der Waals surface area contributed by atoms with Crippen molar-refractivity contribution in [1.82, 2.24) is 15.1 Å². The van der Waals surface area contributed by atoms with E-state index < -0.39 is 0 Å². The second kappa shape index (κ2) is 4.90. The Kier molecular flexibility index (Phi) is 3.04. The van der Waals surface area contributed by atoms with Gasteiger partial charge in [0.25, 0.3) is 5.91 Å². The van der Waals surface area contributed by atoms with Crippen LogP contribution in [0, 0.1) is 11.8 Å². The summed E-state index contributed by atoms with van der Waals surface area (Å²) in [4.78, 5) is 14.6. The molecule has 1 aromatic heterocycles. The highest BCUT2D eigenvalue weighted by molar-refractivity contribution is 5.92. The van der Waals surface area contributed by atoms with Crippen LogP contribution in [0.1, 0.15) is 67.0 Å². The Labute approximate surface area is 119 Å². The quantitative estimate of drug-likeness (QED) is 0.900. The van der Waals surface area contributed by atoms with Crippen molar-refractivity contribution >= 4 is 5.91 Å². The number of hydrogen-bond acceptors (Lipinski definition) is 2. The molecule has 20 heavy (non-hydrogen) atoms. The number of likely N-dealkylation sites (tertiary alicyclic amines) is 1. The lowest BCUT2D eigenvalue weighted by atomic mass is 9.75. The minimum atomic E-state index is 0.136. The lowest BCUT2D eigenvalue weighted by Gasteiger charge is -2.41. The number of rotatable bonds is 2. The van der Waals surface area contributed by atoms with Crippen LogP contribution in [0.5, 0.6) is 0 Å². The van der Waals surface area contributed by atoms with Crippen molar-refractivity contribution in [3.63, 3.8) is 0 Å². The molecule has 0 spiro atoms. The number of piperidine rings is 1. The monoisotopic (exact) mass is 273 g/mol. The maximum absolute atomic E-state index is 12.6. The van der Waals surface area contributed by atoms with Crippen LogP contribution in [0.3, 0.4) is 0 Å². The van der Waals surface area contributed by atoms with Gasteiger partial charge < -0.3 is 4.90 Å². The zero-order valence-corrected chi connectivity index (χ0v) is 12.0. The second-order valence-corrected chi connectivity index (χ2v) is 6.83. The first-order valence-corrected chi connectivity index (χ1v) is 8.16. The molecule has 2 aliphatic carbocycles. The zero-order valence-electron chi connectivity index (χ0n) is 12.0. The lowest BCUT2D eigenvalue weighted by molar-refractivity contribution is 0.0515. The fourth-order valence-electron chi connectivity index (χ4n) is 4.00. The molecule has 3 aliphatic rings. The van der Waals surface area contributed by atoms with Gasteiger partial charge in [0, 0.05) is 24.7 Å². The third-order valence-corrected chi connectivity index (χ3v) is 5.41. The van der Waals surface area contributed by atoms with E-state index in [4.69, 9.17) is 0 Å². The van der Waals surface area contributed by atoms with Gasteiger partial charge in [0.1, 0.15) is 5.69 Å². The Morgan fingerprint density at radius 3 is 2.75 bits per heavy atom. The fraction of sp³-hybridized carbons (Fsp3) is 0.750. The fourth-order valence-corrected chi connectivity index (χ4v) is 4.00. The summed E-state index contributed by atoms with van der Waals surface area (Å²) in [6, 6.07) is 1.98. The van der Waals surface area contributed by atoms with Crippen molar-refractivity contribution in [1.29, 1.82) is 0 Å². The van der Waals surface area contributed by atoms with E-state index in [1.165, 1.54) is 44.9 Å². The van der Waals surface area contributed by atoms with Gasteiger partial charge in [-0.15, -0.1) is 0 Å². The number of aromatic nitrogens is 2. The van der Waals surface area contributed by atoms with Crippen molar-refractivity contribution in [3.8, 4) is 0 Å². The molecule has 2 atom stereocenters. The molecule has 2 heterocycles. The average molecular weight is 273 g/mol. The highest BCUT2D eigenvalue weighted by Crippen LogP contribution is 2.39. The molecule has 0 unspecified atom stereocenters. The average Bonchev–Trinajstić information content (AvgIpc) is 3.23. The SMILES string of the molecule is O=C(c1cc(C2CC2)[nH]n1)N1CC[C@@H]2CCCC[C@H]2C1. The first-order valence-electron chi connectivity index (χ1n) is 8.16. The van der Waals surface area contributed by atoms with Crippen molar-refractivity contribution in [3.05, 3.63) is 17.5 Å². The van der Waals surface area contributed by atoms with E-state index in [9.17, 15) is 4.79 Å². The lowest BCUT2D eigenvalue weighted by Crippen LogP contribution is -2.44. The predicted octanol–water partition coefficient (Wildman–Crippen LogP) is 2.94. The van der Waals surface area contributed by atoms with Gasteiger partial charge in [0.15, 0.2) is 0 Å². The van der Waals surface area contributed by atoms with Crippen LogP contribution in [0.2, 0.25) is 0 Å². The molecule has 1 aliphatic heterocycles. The highest BCUT2D eigenvalue weighted by atomic mass is 16.2. The number of nitrogens with one attached hydrogen (secondary N) is 1.